The fourth-order valence-electron chi connectivity index (χ4n) is 5.60. The Labute approximate surface area is 217 Å². The van der Waals surface area contributed by atoms with Gasteiger partial charge in [-0.15, -0.1) is 0 Å². The van der Waals surface area contributed by atoms with Crippen molar-refractivity contribution in [1.29, 1.82) is 5.41 Å². The third kappa shape index (κ3) is 7.65. The number of dihydropyridines is 1. The van der Waals surface area contributed by atoms with E-state index >= 15 is 0 Å². The minimum atomic E-state index is -0.848. The van der Waals surface area contributed by atoms with Crippen LogP contribution in [-0.2, 0) is 0 Å². The standard InChI is InChI=1S/C31H43FN4/c1-22(5-4-14-36(3)21-23(2)32)27-10-13-31(28(17-27)18-33)35-30-11-6-24(7-12-30)15-25-16-29(20-34-19-25)26-8-9-26/h4-5,10,13-14,16-18,20,23-26,30,33,35H,6-9,11-12,15,19,21H2,1-3H3/b14-4-,22-5+,33-18?. The summed E-state index contributed by atoms with van der Waals surface area (Å²) in [4.78, 5) is 6.51. The number of alkyl halides is 1. The Morgan fingerprint density at radius 3 is 2.69 bits per heavy atom. The number of rotatable bonds is 11. The molecular weight excluding hydrogens is 447 g/mol. The van der Waals surface area contributed by atoms with E-state index in [1.54, 1.807) is 6.92 Å². The van der Waals surface area contributed by atoms with Gasteiger partial charge in [0.2, 0.25) is 0 Å². The number of nitrogens with zero attached hydrogens (tertiary/aromatic N) is 2. The van der Waals surface area contributed by atoms with Gasteiger partial charge >= 0.3 is 0 Å². The Morgan fingerprint density at radius 2 is 2.00 bits per heavy atom. The first-order chi connectivity index (χ1) is 17.4. The van der Waals surface area contributed by atoms with Crippen molar-refractivity contribution in [1.82, 2.24) is 4.90 Å². The second-order valence-electron chi connectivity index (χ2n) is 11.2. The lowest BCUT2D eigenvalue weighted by Crippen LogP contribution is -2.28. The Hall–Kier alpha value is -2.69. The molecule has 5 heteroatoms. The molecule has 2 unspecified atom stereocenters. The van der Waals surface area contributed by atoms with Gasteiger partial charge in [0.1, 0.15) is 6.17 Å². The molecule has 0 amide bonds. The van der Waals surface area contributed by atoms with Crippen molar-refractivity contribution in [2.75, 3.05) is 25.5 Å². The van der Waals surface area contributed by atoms with Gasteiger partial charge in [0.25, 0.3) is 0 Å². The number of benzene rings is 1. The van der Waals surface area contributed by atoms with Gasteiger partial charge in [-0.2, -0.15) is 0 Å². The molecule has 194 valence electrons. The Kier molecular flexibility index (Phi) is 9.17. The molecule has 0 saturated heterocycles. The van der Waals surface area contributed by atoms with E-state index in [0.717, 1.165) is 40.8 Å². The van der Waals surface area contributed by atoms with E-state index in [4.69, 9.17) is 5.41 Å². The second kappa shape index (κ2) is 12.5. The maximum absolute atomic E-state index is 13.1. The molecule has 1 aliphatic heterocycles. The molecule has 2 atom stereocenters. The topological polar surface area (TPSA) is 51.5 Å². The normalized spacial score (nSPS) is 25.5. The lowest BCUT2D eigenvalue weighted by Gasteiger charge is -2.32. The van der Waals surface area contributed by atoms with Crippen LogP contribution >= 0.6 is 0 Å². The Balaban J connectivity index is 1.28. The van der Waals surface area contributed by atoms with E-state index in [9.17, 15) is 4.39 Å². The van der Waals surface area contributed by atoms with Crippen molar-refractivity contribution in [3.8, 4) is 0 Å². The number of aliphatic imine (C=N–C) groups is 1. The zero-order valence-corrected chi connectivity index (χ0v) is 22.2. The fraction of sp³-hybridized carbons (Fsp3) is 0.548. The highest BCUT2D eigenvalue weighted by Crippen LogP contribution is 2.39. The molecule has 2 aliphatic carbocycles. The van der Waals surface area contributed by atoms with Crippen molar-refractivity contribution in [3.05, 3.63) is 59.3 Å². The van der Waals surface area contributed by atoms with Crippen LogP contribution in [0.1, 0.15) is 69.9 Å². The molecule has 0 radical (unpaired) electrons. The molecule has 1 heterocycles. The zero-order valence-electron chi connectivity index (χ0n) is 22.2. The molecule has 4 rings (SSSR count). The van der Waals surface area contributed by atoms with Crippen LogP contribution in [0.3, 0.4) is 0 Å². The minimum absolute atomic E-state index is 0.386. The predicted octanol–water partition coefficient (Wildman–Crippen LogP) is 7.29. The molecule has 0 bridgehead atoms. The van der Waals surface area contributed by atoms with Crippen LogP contribution in [0.15, 0.2) is 53.2 Å². The number of hydrogen-bond acceptors (Lipinski definition) is 4. The molecule has 36 heavy (non-hydrogen) atoms. The largest absolute Gasteiger partial charge is 0.382 e. The van der Waals surface area contributed by atoms with Gasteiger partial charge in [0.15, 0.2) is 0 Å². The molecule has 2 saturated carbocycles. The lowest BCUT2D eigenvalue weighted by atomic mass is 9.79. The summed E-state index contributed by atoms with van der Waals surface area (Å²) < 4.78 is 13.1. The van der Waals surface area contributed by atoms with Gasteiger partial charge in [0.05, 0.1) is 0 Å². The highest BCUT2D eigenvalue weighted by atomic mass is 19.1. The average Bonchev–Trinajstić information content (AvgIpc) is 3.71. The minimum Gasteiger partial charge on any atom is -0.382 e. The quantitative estimate of drug-likeness (QED) is 0.253. The second-order valence-corrected chi connectivity index (χ2v) is 11.2. The van der Waals surface area contributed by atoms with E-state index in [1.807, 2.05) is 30.3 Å². The SMILES string of the molecule is C/C(=C\C=C/N(C)CC(C)F)c1ccc(NC2CCC(CC3C=C(C4CC4)C=NC3)CC2)c(C=N)c1. The van der Waals surface area contributed by atoms with Crippen LogP contribution in [0.25, 0.3) is 5.57 Å². The smallest absolute Gasteiger partial charge is 0.115 e. The van der Waals surface area contributed by atoms with Crippen molar-refractivity contribution in [2.24, 2.45) is 22.7 Å². The number of allylic oxidation sites excluding steroid dienone is 4. The summed E-state index contributed by atoms with van der Waals surface area (Å²) in [5.41, 5.74) is 5.70. The lowest BCUT2D eigenvalue weighted by molar-refractivity contribution is 0.282. The van der Waals surface area contributed by atoms with E-state index in [2.05, 4.69) is 47.7 Å². The average molecular weight is 491 g/mol. The molecule has 2 N–H and O–H groups in total. The van der Waals surface area contributed by atoms with Crippen molar-refractivity contribution >= 4 is 23.7 Å². The van der Waals surface area contributed by atoms with Crippen molar-refractivity contribution in [2.45, 2.75) is 71.0 Å². The zero-order chi connectivity index (χ0) is 25.5. The van der Waals surface area contributed by atoms with Gasteiger partial charge in [-0.25, -0.2) is 4.39 Å². The van der Waals surface area contributed by atoms with Crippen molar-refractivity contribution < 1.29 is 4.39 Å². The predicted molar refractivity (Wildman–Crippen MR) is 152 cm³/mol. The Morgan fingerprint density at radius 1 is 1.22 bits per heavy atom. The number of nitrogens with one attached hydrogen (secondary N) is 2. The third-order valence-corrected chi connectivity index (χ3v) is 7.79. The monoisotopic (exact) mass is 490 g/mol. The molecular formula is C31H43FN4. The summed E-state index contributed by atoms with van der Waals surface area (Å²) in [6, 6.07) is 6.80. The van der Waals surface area contributed by atoms with Crippen LogP contribution in [0.4, 0.5) is 10.1 Å². The summed E-state index contributed by atoms with van der Waals surface area (Å²) in [5, 5.41) is 11.7. The summed E-state index contributed by atoms with van der Waals surface area (Å²) in [6.07, 6.45) is 20.0. The summed E-state index contributed by atoms with van der Waals surface area (Å²) in [7, 11) is 1.88. The fourth-order valence-corrected chi connectivity index (χ4v) is 5.60. The third-order valence-electron chi connectivity index (χ3n) is 7.79. The van der Waals surface area contributed by atoms with E-state index in [0.29, 0.717) is 18.5 Å². The number of halogens is 1. The number of anilines is 1. The molecule has 1 aromatic rings. The summed E-state index contributed by atoms with van der Waals surface area (Å²) in [5.74, 6) is 2.24. The first kappa shape index (κ1) is 26.4. The van der Waals surface area contributed by atoms with Crippen LogP contribution in [0, 0.1) is 23.2 Å². The van der Waals surface area contributed by atoms with E-state index < -0.39 is 6.17 Å². The molecule has 2 fully saturated rings. The van der Waals surface area contributed by atoms with E-state index in [1.165, 1.54) is 56.7 Å². The molecule has 4 nitrogen and oxygen atoms in total. The van der Waals surface area contributed by atoms with Crippen LogP contribution in [-0.4, -0.2) is 49.7 Å². The summed E-state index contributed by atoms with van der Waals surface area (Å²) >= 11 is 0. The van der Waals surface area contributed by atoms with Crippen LogP contribution in [0.2, 0.25) is 0 Å². The van der Waals surface area contributed by atoms with Crippen LogP contribution in [0.5, 0.6) is 0 Å². The Bertz CT molecular complexity index is 1010. The van der Waals surface area contributed by atoms with Gasteiger partial charge in [-0.3, -0.25) is 4.99 Å². The molecule has 0 spiro atoms. The highest BCUT2D eigenvalue weighted by molar-refractivity contribution is 5.88. The highest BCUT2D eigenvalue weighted by Gasteiger charge is 2.29. The van der Waals surface area contributed by atoms with Gasteiger partial charge in [-0.1, -0.05) is 18.2 Å². The summed E-state index contributed by atoms with van der Waals surface area (Å²) in [6.45, 7) is 5.00. The molecule has 0 aromatic heterocycles. The van der Waals surface area contributed by atoms with Gasteiger partial charge < -0.3 is 15.6 Å². The van der Waals surface area contributed by atoms with Gasteiger partial charge in [0, 0.05) is 49.9 Å². The van der Waals surface area contributed by atoms with Crippen molar-refractivity contribution in [3.63, 3.8) is 0 Å². The van der Waals surface area contributed by atoms with Gasteiger partial charge in [-0.05, 0) is 118 Å². The maximum Gasteiger partial charge on any atom is 0.115 e. The molecule has 1 aromatic carbocycles. The van der Waals surface area contributed by atoms with E-state index in [-0.39, 0.29) is 0 Å². The first-order valence-electron chi connectivity index (χ1n) is 13.7. The number of hydrogen-bond donors (Lipinski definition) is 2. The first-order valence-corrected chi connectivity index (χ1v) is 13.7. The molecule has 3 aliphatic rings. The van der Waals surface area contributed by atoms with Crippen LogP contribution < -0.4 is 5.32 Å². The maximum atomic E-state index is 13.1.